The van der Waals surface area contributed by atoms with Gasteiger partial charge in [0.25, 0.3) is 5.69 Å². The average Bonchev–Trinajstić information content (AvgIpc) is 3.33. The first-order chi connectivity index (χ1) is 16.6. The molecule has 2 aliphatic rings. The lowest BCUT2D eigenvalue weighted by Gasteiger charge is -2.37. The number of rotatable bonds is 7. The molecule has 0 saturated carbocycles. The Morgan fingerprint density at radius 2 is 1.94 bits per heavy atom. The molecule has 178 valence electrons. The zero-order valence-electron chi connectivity index (χ0n) is 19.1. The minimum Gasteiger partial charge on any atom is -0.467 e. The minimum absolute atomic E-state index is 0.0187. The van der Waals surface area contributed by atoms with Gasteiger partial charge < -0.3 is 14.0 Å². The van der Waals surface area contributed by atoms with Crippen LogP contribution in [0.15, 0.2) is 47.0 Å². The number of nitro benzene ring substituents is 1. The Morgan fingerprint density at radius 3 is 2.71 bits per heavy atom. The van der Waals surface area contributed by atoms with Crippen molar-refractivity contribution in [2.45, 2.75) is 32.5 Å². The predicted octanol–water partition coefficient (Wildman–Crippen LogP) is 3.31. The van der Waals surface area contributed by atoms with E-state index in [1.54, 1.807) is 6.07 Å². The summed E-state index contributed by atoms with van der Waals surface area (Å²) in [5.74, 6) is 2.02. The number of non-ortho nitro benzene ring substituents is 1. The fourth-order valence-electron chi connectivity index (χ4n) is 4.50. The molecule has 34 heavy (non-hydrogen) atoms. The molecule has 1 saturated heterocycles. The van der Waals surface area contributed by atoms with Crippen LogP contribution >= 0.6 is 0 Å². The summed E-state index contributed by atoms with van der Waals surface area (Å²) in [6.07, 6.45) is 0.644. The van der Waals surface area contributed by atoms with Crippen molar-refractivity contribution in [1.29, 1.82) is 0 Å². The van der Waals surface area contributed by atoms with Crippen LogP contribution in [0.4, 0.5) is 5.69 Å². The normalized spacial score (nSPS) is 17.7. The number of aromatic nitrogens is 2. The van der Waals surface area contributed by atoms with E-state index in [4.69, 9.17) is 14.0 Å². The molecule has 0 bridgehead atoms. The monoisotopic (exact) mass is 465 g/mol. The van der Waals surface area contributed by atoms with Crippen LogP contribution in [-0.4, -0.2) is 57.8 Å². The van der Waals surface area contributed by atoms with Crippen LogP contribution in [0.2, 0.25) is 0 Å². The second kappa shape index (κ2) is 9.88. The largest absolute Gasteiger partial charge is 0.467 e. The molecule has 1 fully saturated rings. The molecule has 3 aromatic rings. The van der Waals surface area contributed by atoms with Gasteiger partial charge in [-0.15, -0.1) is 0 Å². The molecule has 0 amide bonds. The van der Waals surface area contributed by atoms with Crippen molar-refractivity contribution in [1.82, 2.24) is 19.9 Å². The SMILES string of the molecule is C[C@H](c1nc(Cc2ccccc2)no1)N1CCN(Cc2cc([N+](=O)[O-])cc3c2OCOC3)CC1. The van der Waals surface area contributed by atoms with Crippen molar-refractivity contribution in [3.63, 3.8) is 0 Å². The van der Waals surface area contributed by atoms with Crippen LogP contribution in [0.3, 0.4) is 0 Å². The molecule has 2 aromatic carbocycles. The van der Waals surface area contributed by atoms with Gasteiger partial charge in [-0.05, 0) is 12.5 Å². The van der Waals surface area contributed by atoms with Crippen LogP contribution in [0, 0.1) is 10.1 Å². The van der Waals surface area contributed by atoms with E-state index < -0.39 is 0 Å². The molecule has 1 aromatic heterocycles. The Labute approximate surface area is 197 Å². The van der Waals surface area contributed by atoms with Crippen molar-refractivity contribution in [3.05, 3.63) is 81.0 Å². The molecular weight excluding hydrogens is 438 g/mol. The van der Waals surface area contributed by atoms with Crippen LogP contribution in [0.1, 0.15) is 41.4 Å². The quantitative estimate of drug-likeness (QED) is 0.384. The molecule has 0 radical (unpaired) electrons. The maximum Gasteiger partial charge on any atom is 0.270 e. The standard InChI is InChI=1S/C24H27N5O5/c1-17(24-25-22(26-34-24)11-18-5-3-2-4-6-18)28-9-7-27(8-10-28)14-19-12-21(29(30)31)13-20-15-32-16-33-23(19)20/h2-6,12-13,17H,7-11,14-16H2,1H3/t17-/m1/s1. The highest BCUT2D eigenvalue weighted by Gasteiger charge is 2.28. The zero-order chi connectivity index (χ0) is 23.5. The second-order valence-corrected chi connectivity index (χ2v) is 8.66. The van der Waals surface area contributed by atoms with Gasteiger partial charge in [-0.1, -0.05) is 35.5 Å². The Balaban J connectivity index is 1.20. The molecular formula is C24H27N5O5. The van der Waals surface area contributed by atoms with E-state index >= 15 is 0 Å². The summed E-state index contributed by atoms with van der Waals surface area (Å²) in [6, 6.07) is 13.3. The summed E-state index contributed by atoms with van der Waals surface area (Å²) in [5, 5.41) is 15.5. The summed E-state index contributed by atoms with van der Waals surface area (Å²) < 4.78 is 16.6. The van der Waals surface area contributed by atoms with Gasteiger partial charge >= 0.3 is 0 Å². The van der Waals surface area contributed by atoms with Crippen molar-refractivity contribution < 1.29 is 18.9 Å². The highest BCUT2D eigenvalue weighted by Crippen LogP contribution is 2.34. The Bertz CT molecular complexity index is 1140. The molecule has 0 aliphatic carbocycles. The van der Waals surface area contributed by atoms with E-state index in [0.29, 0.717) is 37.0 Å². The molecule has 3 heterocycles. The Hall–Kier alpha value is -3.34. The number of benzene rings is 2. The summed E-state index contributed by atoms with van der Waals surface area (Å²) in [5.41, 5.74) is 2.77. The van der Waals surface area contributed by atoms with Crippen LogP contribution < -0.4 is 4.74 Å². The fourth-order valence-corrected chi connectivity index (χ4v) is 4.50. The third kappa shape index (κ3) is 4.93. The van der Waals surface area contributed by atoms with Crippen molar-refractivity contribution in [3.8, 4) is 5.75 Å². The molecule has 5 rings (SSSR count). The summed E-state index contributed by atoms with van der Waals surface area (Å²) in [7, 11) is 0. The van der Waals surface area contributed by atoms with Crippen molar-refractivity contribution in [2.24, 2.45) is 0 Å². The number of fused-ring (bicyclic) bond motifs is 1. The molecule has 10 nitrogen and oxygen atoms in total. The van der Waals surface area contributed by atoms with E-state index in [-0.39, 0.29) is 23.4 Å². The lowest BCUT2D eigenvalue weighted by atomic mass is 10.1. The lowest BCUT2D eigenvalue weighted by molar-refractivity contribution is -0.385. The van der Waals surface area contributed by atoms with Crippen LogP contribution in [0.25, 0.3) is 0 Å². The first-order valence-corrected chi connectivity index (χ1v) is 11.4. The Morgan fingerprint density at radius 1 is 1.15 bits per heavy atom. The number of hydrogen-bond donors (Lipinski definition) is 0. The van der Waals surface area contributed by atoms with Gasteiger partial charge in [-0.25, -0.2) is 0 Å². The molecule has 0 spiro atoms. The zero-order valence-corrected chi connectivity index (χ0v) is 19.1. The van der Waals surface area contributed by atoms with E-state index in [0.717, 1.165) is 42.9 Å². The highest BCUT2D eigenvalue weighted by molar-refractivity contribution is 5.50. The topological polar surface area (TPSA) is 107 Å². The summed E-state index contributed by atoms with van der Waals surface area (Å²) in [4.78, 5) is 20.2. The first-order valence-electron chi connectivity index (χ1n) is 11.4. The number of nitrogens with zero attached hydrogens (tertiary/aromatic N) is 5. The summed E-state index contributed by atoms with van der Waals surface area (Å²) in [6.45, 7) is 6.48. The fraction of sp³-hybridized carbons (Fsp3) is 0.417. The van der Waals surface area contributed by atoms with Crippen molar-refractivity contribution >= 4 is 5.69 Å². The van der Waals surface area contributed by atoms with Crippen LogP contribution in [-0.2, 0) is 24.3 Å². The third-order valence-electron chi connectivity index (χ3n) is 6.38. The molecule has 1 atom stereocenters. The number of nitro groups is 1. The van der Waals surface area contributed by atoms with E-state index in [9.17, 15) is 10.1 Å². The molecule has 10 heteroatoms. The summed E-state index contributed by atoms with van der Waals surface area (Å²) >= 11 is 0. The minimum atomic E-state index is -0.367. The lowest BCUT2D eigenvalue weighted by Crippen LogP contribution is -2.46. The van der Waals surface area contributed by atoms with E-state index in [1.165, 1.54) is 6.07 Å². The molecule has 0 unspecified atom stereocenters. The number of piperazine rings is 1. The second-order valence-electron chi connectivity index (χ2n) is 8.66. The maximum atomic E-state index is 11.4. The number of ether oxygens (including phenoxy) is 2. The van der Waals surface area contributed by atoms with Gasteiger partial charge in [0.05, 0.1) is 17.6 Å². The first kappa shape index (κ1) is 22.5. The van der Waals surface area contributed by atoms with Gasteiger partial charge in [0.2, 0.25) is 5.89 Å². The smallest absolute Gasteiger partial charge is 0.270 e. The third-order valence-corrected chi connectivity index (χ3v) is 6.38. The van der Waals surface area contributed by atoms with Gasteiger partial charge in [-0.2, -0.15) is 4.98 Å². The highest BCUT2D eigenvalue weighted by atomic mass is 16.7. The Kier molecular flexibility index (Phi) is 6.52. The van der Waals surface area contributed by atoms with Gasteiger partial charge in [0.15, 0.2) is 12.6 Å². The van der Waals surface area contributed by atoms with Gasteiger partial charge in [-0.3, -0.25) is 19.9 Å². The van der Waals surface area contributed by atoms with E-state index in [1.807, 2.05) is 18.2 Å². The van der Waals surface area contributed by atoms with E-state index in [2.05, 4.69) is 39.0 Å². The van der Waals surface area contributed by atoms with Crippen molar-refractivity contribution in [2.75, 3.05) is 33.0 Å². The maximum absolute atomic E-state index is 11.4. The molecule has 0 N–H and O–H groups in total. The molecule has 2 aliphatic heterocycles. The van der Waals surface area contributed by atoms with Crippen LogP contribution in [0.5, 0.6) is 5.75 Å². The predicted molar refractivity (Wildman–Crippen MR) is 122 cm³/mol. The number of hydrogen-bond acceptors (Lipinski definition) is 9. The average molecular weight is 466 g/mol. The van der Waals surface area contributed by atoms with Gasteiger partial charge in [0.1, 0.15) is 5.75 Å². The van der Waals surface area contributed by atoms with Gasteiger partial charge in [0, 0.05) is 62.4 Å².